The smallest absolute Gasteiger partial charge is 0.256 e. The quantitative estimate of drug-likeness (QED) is 0.908. The summed E-state index contributed by atoms with van der Waals surface area (Å²) >= 11 is 0. The predicted molar refractivity (Wildman–Crippen MR) is 84.6 cm³/mol. The van der Waals surface area contributed by atoms with E-state index in [9.17, 15) is 9.59 Å². The molecule has 1 aliphatic heterocycles. The first-order valence-corrected chi connectivity index (χ1v) is 7.87. The van der Waals surface area contributed by atoms with Crippen LogP contribution in [0, 0.1) is 16.7 Å². The molecule has 0 aromatic carbocycles. The van der Waals surface area contributed by atoms with E-state index in [0.29, 0.717) is 18.7 Å². The van der Waals surface area contributed by atoms with E-state index in [1.165, 1.54) is 0 Å². The highest BCUT2D eigenvalue weighted by Crippen LogP contribution is 2.62. The molecule has 23 heavy (non-hydrogen) atoms. The van der Waals surface area contributed by atoms with Crippen LogP contribution in [0.3, 0.4) is 0 Å². The van der Waals surface area contributed by atoms with Crippen LogP contribution in [0.15, 0.2) is 30.6 Å². The third-order valence-electron chi connectivity index (χ3n) is 5.70. The summed E-state index contributed by atoms with van der Waals surface area (Å²) in [4.78, 5) is 26.8. The number of nitrogens with two attached hydrogens (primary N) is 1. The summed E-state index contributed by atoms with van der Waals surface area (Å²) in [6.07, 6.45) is 4.24. The first-order chi connectivity index (χ1) is 10.8. The second-order valence-corrected chi connectivity index (χ2v) is 7.51. The zero-order valence-electron chi connectivity index (χ0n) is 13.3. The molecule has 0 unspecified atom stereocenters. The van der Waals surface area contributed by atoms with Gasteiger partial charge in [0.05, 0.1) is 22.7 Å². The molecule has 0 spiro atoms. The van der Waals surface area contributed by atoms with Crippen LogP contribution in [0.1, 0.15) is 30.6 Å². The second kappa shape index (κ2) is 4.34. The summed E-state index contributed by atoms with van der Waals surface area (Å²) < 4.78 is 1.69. The van der Waals surface area contributed by atoms with Crippen LogP contribution in [0.2, 0.25) is 0 Å². The summed E-state index contributed by atoms with van der Waals surface area (Å²) in [7, 11) is 0. The second-order valence-electron chi connectivity index (χ2n) is 7.51. The molecule has 1 aliphatic carbocycles. The van der Waals surface area contributed by atoms with Crippen molar-refractivity contribution in [1.82, 2.24) is 14.5 Å². The van der Waals surface area contributed by atoms with Crippen molar-refractivity contribution in [3.63, 3.8) is 0 Å². The van der Waals surface area contributed by atoms with Crippen molar-refractivity contribution in [1.29, 1.82) is 0 Å². The van der Waals surface area contributed by atoms with Gasteiger partial charge in [-0.05, 0) is 36.0 Å². The zero-order valence-corrected chi connectivity index (χ0v) is 13.3. The van der Waals surface area contributed by atoms with E-state index in [2.05, 4.69) is 18.9 Å². The van der Waals surface area contributed by atoms with Crippen LogP contribution in [0.5, 0.6) is 0 Å². The van der Waals surface area contributed by atoms with Gasteiger partial charge in [-0.2, -0.15) is 5.10 Å². The Morgan fingerprint density at radius 1 is 1.35 bits per heavy atom. The average molecular weight is 312 g/mol. The van der Waals surface area contributed by atoms with Gasteiger partial charge in [-0.3, -0.25) is 9.59 Å². The molecule has 2 N–H and O–H groups in total. The van der Waals surface area contributed by atoms with Crippen LogP contribution >= 0.6 is 0 Å². The van der Waals surface area contributed by atoms with E-state index in [4.69, 9.17) is 5.73 Å². The van der Waals surface area contributed by atoms with E-state index in [0.717, 1.165) is 11.9 Å². The molecule has 2 amide bonds. The fourth-order valence-electron chi connectivity index (χ4n) is 4.68. The van der Waals surface area contributed by atoms with Gasteiger partial charge >= 0.3 is 0 Å². The van der Waals surface area contributed by atoms with Crippen LogP contribution in [0.25, 0.3) is 5.52 Å². The third-order valence-corrected chi connectivity index (χ3v) is 5.70. The van der Waals surface area contributed by atoms with Crippen LogP contribution in [0.4, 0.5) is 0 Å². The van der Waals surface area contributed by atoms with Gasteiger partial charge in [0.25, 0.3) is 5.91 Å². The molecule has 0 radical (unpaired) electrons. The minimum atomic E-state index is -0.551. The van der Waals surface area contributed by atoms with Gasteiger partial charge in [0.1, 0.15) is 0 Å². The molecular formula is C17H20N4O2. The number of rotatable bonds is 2. The van der Waals surface area contributed by atoms with Crippen molar-refractivity contribution in [3.05, 3.63) is 36.2 Å². The van der Waals surface area contributed by atoms with E-state index < -0.39 is 5.41 Å². The fourth-order valence-corrected chi connectivity index (χ4v) is 4.68. The van der Waals surface area contributed by atoms with E-state index in [1.54, 1.807) is 15.6 Å². The predicted octanol–water partition coefficient (Wildman–Crippen LogP) is 1.31. The first kappa shape index (κ1) is 14.2. The normalized spacial score (nSPS) is 28.4. The maximum Gasteiger partial charge on any atom is 0.256 e. The molecule has 2 fully saturated rings. The Labute approximate surface area is 134 Å². The summed E-state index contributed by atoms with van der Waals surface area (Å²) in [5, 5.41) is 4.17. The van der Waals surface area contributed by atoms with E-state index in [1.807, 2.05) is 24.4 Å². The fraction of sp³-hybridized carbons (Fsp3) is 0.471. The molecule has 2 atom stereocenters. The largest absolute Gasteiger partial charge is 0.369 e. The highest BCUT2D eigenvalue weighted by molar-refractivity contribution is 6.01. The summed E-state index contributed by atoms with van der Waals surface area (Å²) in [5.74, 6) is -0.192. The van der Waals surface area contributed by atoms with Gasteiger partial charge in [-0.25, -0.2) is 4.52 Å². The SMILES string of the molecule is CC1(C)C[C@]2(C(N)=O)CN(C(=O)c3cccn4nccc34)C[C@H]12. The first-order valence-electron chi connectivity index (χ1n) is 7.87. The Kier molecular flexibility index (Phi) is 2.69. The summed E-state index contributed by atoms with van der Waals surface area (Å²) in [6, 6.07) is 5.44. The van der Waals surface area contributed by atoms with Gasteiger partial charge < -0.3 is 10.6 Å². The van der Waals surface area contributed by atoms with Crippen molar-refractivity contribution in [3.8, 4) is 0 Å². The molecule has 120 valence electrons. The van der Waals surface area contributed by atoms with Gasteiger partial charge in [-0.15, -0.1) is 0 Å². The van der Waals surface area contributed by atoms with Crippen molar-refractivity contribution in [2.24, 2.45) is 22.5 Å². The molecule has 1 saturated heterocycles. The monoisotopic (exact) mass is 312 g/mol. The lowest BCUT2D eigenvalue weighted by Gasteiger charge is -2.54. The number of fused-ring (bicyclic) bond motifs is 2. The maximum atomic E-state index is 13.0. The number of carbonyl (C=O) groups is 2. The van der Waals surface area contributed by atoms with Crippen molar-refractivity contribution in [2.75, 3.05) is 13.1 Å². The molecule has 6 nitrogen and oxygen atoms in total. The Morgan fingerprint density at radius 3 is 2.78 bits per heavy atom. The summed E-state index contributed by atoms with van der Waals surface area (Å²) in [6.45, 7) is 5.30. The molecular weight excluding hydrogens is 292 g/mol. The van der Waals surface area contributed by atoms with E-state index in [-0.39, 0.29) is 23.1 Å². The van der Waals surface area contributed by atoms with Gasteiger partial charge in [0, 0.05) is 19.3 Å². The van der Waals surface area contributed by atoms with Crippen molar-refractivity contribution < 1.29 is 9.59 Å². The number of amides is 2. The molecule has 1 saturated carbocycles. The lowest BCUT2D eigenvalue weighted by atomic mass is 9.48. The molecule has 2 aliphatic rings. The minimum Gasteiger partial charge on any atom is -0.369 e. The number of aromatic nitrogens is 2. The van der Waals surface area contributed by atoms with Crippen molar-refractivity contribution >= 4 is 17.3 Å². The summed E-state index contributed by atoms with van der Waals surface area (Å²) in [5.41, 5.74) is 6.57. The average Bonchev–Trinajstić information content (AvgIpc) is 3.08. The van der Waals surface area contributed by atoms with E-state index >= 15 is 0 Å². The Hall–Kier alpha value is -2.37. The molecule has 6 heteroatoms. The number of nitrogens with zero attached hydrogens (tertiary/aromatic N) is 3. The zero-order chi connectivity index (χ0) is 16.4. The Balaban J connectivity index is 1.69. The molecule has 2 aromatic rings. The van der Waals surface area contributed by atoms with Gasteiger partial charge in [0.2, 0.25) is 5.91 Å². The topological polar surface area (TPSA) is 80.7 Å². The molecule has 3 heterocycles. The number of pyridine rings is 1. The number of primary amides is 1. The molecule has 2 aromatic heterocycles. The highest BCUT2D eigenvalue weighted by Gasteiger charge is 2.66. The Morgan fingerprint density at radius 2 is 2.13 bits per heavy atom. The Bertz CT molecular complexity index is 825. The van der Waals surface area contributed by atoms with Crippen LogP contribution in [-0.4, -0.2) is 39.4 Å². The van der Waals surface area contributed by atoms with Crippen LogP contribution in [-0.2, 0) is 4.79 Å². The maximum absolute atomic E-state index is 13.0. The highest BCUT2D eigenvalue weighted by atomic mass is 16.2. The lowest BCUT2D eigenvalue weighted by Crippen LogP contribution is -2.59. The minimum absolute atomic E-state index is 0.0483. The van der Waals surface area contributed by atoms with Crippen molar-refractivity contribution in [2.45, 2.75) is 20.3 Å². The standard InChI is InChI=1S/C17H20N4O2/c1-16(2)9-17(15(18)23)10-20(8-13(16)17)14(22)11-4-3-7-21-12(11)5-6-19-21/h3-7,13H,8-10H2,1-2H3,(H2,18,23)/t13-,17+/m1/s1. The van der Waals surface area contributed by atoms with Gasteiger partial charge in [0.15, 0.2) is 0 Å². The van der Waals surface area contributed by atoms with Gasteiger partial charge in [-0.1, -0.05) is 13.8 Å². The molecule has 0 bridgehead atoms. The number of carbonyl (C=O) groups excluding carboxylic acids is 2. The number of likely N-dealkylation sites (tertiary alicyclic amines) is 1. The lowest BCUT2D eigenvalue weighted by molar-refractivity contribution is -0.148. The third kappa shape index (κ3) is 1.77. The number of hydrogen-bond acceptors (Lipinski definition) is 3. The molecule has 4 rings (SSSR count). The van der Waals surface area contributed by atoms with Crippen LogP contribution < -0.4 is 5.73 Å². The number of hydrogen-bond donors (Lipinski definition) is 1.